The lowest BCUT2D eigenvalue weighted by Crippen LogP contribution is -2.62. The van der Waals surface area contributed by atoms with E-state index in [0.717, 1.165) is 19.3 Å². The largest absolute Gasteiger partial charge is 0.463 e. The first-order valence-electron chi connectivity index (χ1n) is 13.0. The molecule has 0 saturated carbocycles. The van der Waals surface area contributed by atoms with Gasteiger partial charge in [0.05, 0.1) is 0 Å². The van der Waals surface area contributed by atoms with Crippen LogP contribution in [0.25, 0.3) is 0 Å². The molecule has 0 radical (unpaired) electrons. The van der Waals surface area contributed by atoms with Gasteiger partial charge < -0.3 is 28.8 Å². The maximum atomic E-state index is 12.8. The summed E-state index contributed by atoms with van der Waals surface area (Å²) in [6, 6.07) is 0. The van der Waals surface area contributed by atoms with Gasteiger partial charge in [0, 0.05) is 26.2 Å². The minimum Gasteiger partial charge on any atom is -0.463 e. The highest BCUT2D eigenvalue weighted by molar-refractivity contribution is 5.72. The summed E-state index contributed by atoms with van der Waals surface area (Å²) in [6.07, 6.45) is -4.41. The maximum absolute atomic E-state index is 12.8. The van der Waals surface area contributed by atoms with Crippen molar-refractivity contribution in [1.82, 2.24) is 0 Å². The molecule has 10 heteroatoms. The molecule has 1 saturated heterocycles. The average Bonchev–Trinajstić information content (AvgIpc) is 2.81. The Labute approximate surface area is 214 Å². The fraction of sp³-hybridized carbons (Fsp3) is 0.846. The van der Waals surface area contributed by atoms with Gasteiger partial charge in [0.15, 0.2) is 24.6 Å². The third kappa shape index (κ3) is 10.8. The third-order valence-electron chi connectivity index (χ3n) is 6.50. The normalized spacial score (nSPS) is 26.3. The first-order chi connectivity index (χ1) is 16.9. The van der Waals surface area contributed by atoms with Crippen molar-refractivity contribution in [1.29, 1.82) is 0 Å². The fourth-order valence-electron chi connectivity index (χ4n) is 3.52. The molecule has 0 aromatic heterocycles. The molecule has 0 aromatic rings. The number of carbonyl (C=O) groups is 4. The summed E-state index contributed by atoms with van der Waals surface area (Å²) in [4.78, 5) is 49.5. The number of hydrogen-bond donors (Lipinski definition) is 1. The smallest absolute Gasteiger partial charge is 0.306 e. The summed E-state index contributed by atoms with van der Waals surface area (Å²) >= 11 is 0. The molecule has 1 fully saturated rings. The van der Waals surface area contributed by atoms with E-state index in [9.17, 15) is 24.3 Å². The van der Waals surface area contributed by atoms with Crippen LogP contribution in [-0.4, -0.2) is 66.3 Å². The molecule has 3 unspecified atom stereocenters. The van der Waals surface area contributed by atoms with E-state index in [-0.39, 0.29) is 43.6 Å². The second kappa shape index (κ2) is 15.8. The van der Waals surface area contributed by atoms with Gasteiger partial charge in [-0.15, -0.1) is 0 Å². The predicted octanol–water partition coefficient (Wildman–Crippen LogP) is 3.31. The molecule has 0 aromatic carbocycles. The summed E-state index contributed by atoms with van der Waals surface area (Å²) in [5.74, 6) is -2.29. The van der Waals surface area contributed by atoms with Crippen molar-refractivity contribution in [3.8, 4) is 0 Å². The van der Waals surface area contributed by atoms with Crippen LogP contribution in [0, 0.1) is 17.8 Å². The molecular weight excluding hydrogens is 472 g/mol. The van der Waals surface area contributed by atoms with Crippen molar-refractivity contribution in [3.05, 3.63) is 0 Å². The average molecular weight is 517 g/mol. The lowest BCUT2D eigenvalue weighted by molar-refractivity contribution is -0.297. The zero-order valence-corrected chi connectivity index (χ0v) is 22.7. The summed E-state index contributed by atoms with van der Waals surface area (Å²) < 4.78 is 27.5. The Morgan fingerprint density at radius 1 is 0.722 bits per heavy atom. The van der Waals surface area contributed by atoms with Gasteiger partial charge in [-0.25, -0.2) is 0 Å². The Morgan fingerprint density at radius 2 is 1.11 bits per heavy atom. The Morgan fingerprint density at radius 3 is 1.50 bits per heavy atom. The topological polar surface area (TPSA) is 135 Å². The first kappa shape index (κ1) is 31.8. The lowest BCUT2D eigenvalue weighted by atomic mass is 9.97. The molecule has 1 aliphatic rings. The number of aliphatic hydroxyl groups excluding tert-OH is 1. The fourth-order valence-corrected chi connectivity index (χ4v) is 3.52. The molecule has 0 bridgehead atoms. The molecule has 208 valence electrons. The van der Waals surface area contributed by atoms with Crippen LogP contribution in [0.4, 0.5) is 0 Å². The van der Waals surface area contributed by atoms with Crippen molar-refractivity contribution < 1.29 is 48.0 Å². The van der Waals surface area contributed by atoms with E-state index in [1.165, 1.54) is 6.92 Å². The predicted molar refractivity (Wildman–Crippen MR) is 129 cm³/mol. The van der Waals surface area contributed by atoms with Crippen molar-refractivity contribution in [3.63, 3.8) is 0 Å². The molecule has 1 N–H and O–H groups in total. The summed E-state index contributed by atoms with van der Waals surface area (Å²) in [5.41, 5.74) is 0. The minimum atomic E-state index is -1.70. The van der Waals surface area contributed by atoms with Crippen LogP contribution < -0.4 is 0 Å². The standard InChI is InChI=1S/C26H44O10/c1-8-15(4)11-20(28)34-23-19(14-32-18(7)27)33-26(31)25(36-22(30)13-17(6)10-3)24(23)35-21(29)12-16(5)9-2/h15-17,19,23-26,31H,8-14H2,1-7H3/t15?,16?,17?,19-,23-,24+,25-,26-/m1/s1. The van der Waals surface area contributed by atoms with Gasteiger partial charge in [0.2, 0.25) is 0 Å². The van der Waals surface area contributed by atoms with E-state index in [1.807, 2.05) is 41.5 Å². The van der Waals surface area contributed by atoms with Crippen LogP contribution in [0.3, 0.4) is 0 Å². The highest BCUT2D eigenvalue weighted by atomic mass is 16.7. The van der Waals surface area contributed by atoms with Crippen molar-refractivity contribution in [2.45, 2.75) is 118 Å². The van der Waals surface area contributed by atoms with Gasteiger partial charge in [-0.2, -0.15) is 0 Å². The van der Waals surface area contributed by atoms with Gasteiger partial charge in [-0.3, -0.25) is 19.2 Å². The Hall–Kier alpha value is -2.20. The number of hydrogen-bond acceptors (Lipinski definition) is 10. The number of aliphatic hydroxyl groups is 1. The van der Waals surface area contributed by atoms with E-state index < -0.39 is 54.6 Å². The van der Waals surface area contributed by atoms with Crippen molar-refractivity contribution in [2.24, 2.45) is 17.8 Å². The van der Waals surface area contributed by atoms with Gasteiger partial charge in [0.25, 0.3) is 0 Å². The molecule has 10 nitrogen and oxygen atoms in total. The third-order valence-corrected chi connectivity index (χ3v) is 6.50. The number of carbonyl (C=O) groups excluding carboxylic acids is 4. The molecule has 1 aliphatic heterocycles. The molecular formula is C26H44O10. The van der Waals surface area contributed by atoms with Crippen LogP contribution in [-0.2, 0) is 42.9 Å². The molecule has 0 spiro atoms. The van der Waals surface area contributed by atoms with E-state index in [1.54, 1.807) is 0 Å². The maximum Gasteiger partial charge on any atom is 0.306 e. The molecule has 0 aliphatic carbocycles. The van der Waals surface area contributed by atoms with Gasteiger partial charge in [-0.1, -0.05) is 60.8 Å². The summed E-state index contributed by atoms with van der Waals surface area (Å²) in [5, 5.41) is 10.7. The highest BCUT2D eigenvalue weighted by Gasteiger charge is 2.52. The highest BCUT2D eigenvalue weighted by Crippen LogP contribution is 2.30. The zero-order valence-electron chi connectivity index (χ0n) is 22.7. The van der Waals surface area contributed by atoms with E-state index in [4.69, 9.17) is 23.7 Å². The summed E-state index contributed by atoms with van der Waals surface area (Å²) in [7, 11) is 0. The van der Waals surface area contributed by atoms with Crippen LogP contribution in [0.5, 0.6) is 0 Å². The molecule has 8 atom stereocenters. The number of rotatable bonds is 14. The second-order valence-corrected chi connectivity index (χ2v) is 9.88. The van der Waals surface area contributed by atoms with Crippen LogP contribution in [0.15, 0.2) is 0 Å². The van der Waals surface area contributed by atoms with Gasteiger partial charge in [-0.05, 0) is 17.8 Å². The molecule has 36 heavy (non-hydrogen) atoms. The quantitative estimate of drug-likeness (QED) is 0.271. The molecule has 1 heterocycles. The van der Waals surface area contributed by atoms with Crippen LogP contribution in [0.1, 0.15) is 87.0 Å². The lowest BCUT2D eigenvalue weighted by Gasteiger charge is -2.43. The monoisotopic (exact) mass is 516 g/mol. The molecule has 1 rings (SSSR count). The van der Waals surface area contributed by atoms with E-state index >= 15 is 0 Å². The minimum absolute atomic E-state index is 0.0249. The van der Waals surface area contributed by atoms with Crippen LogP contribution >= 0.6 is 0 Å². The summed E-state index contributed by atoms with van der Waals surface area (Å²) in [6.45, 7) is 12.3. The van der Waals surface area contributed by atoms with E-state index in [2.05, 4.69) is 0 Å². The second-order valence-electron chi connectivity index (χ2n) is 9.88. The molecule has 0 amide bonds. The SMILES string of the molecule is CCC(C)CC(=O)O[C@@H]1[C@@H](OC(=O)CC(C)CC)[C@H](O)O[C@H](COC(C)=O)[C@H]1OC(=O)CC(C)CC. The zero-order chi connectivity index (χ0) is 27.4. The number of esters is 4. The Kier molecular flexibility index (Phi) is 14.0. The van der Waals surface area contributed by atoms with Crippen LogP contribution in [0.2, 0.25) is 0 Å². The Bertz CT molecular complexity index is 724. The van der Waals surface area contributed by atoms with Crippen molar-refractivity contribution in [2.75, 3.05) is 6.61 Å². The van der Waals surface area contributed by atoms with E-state index in [0.29, 0.717) is 0 Å². The Balaban J connectivity index is 3.30. The first-order valence-corrected chi connectivity index (χ1v) is 13.0. The van der Waals surface area contributed by atoms with Gasteiger partial charge in [0.1, 0.15) is 12.7 Å². The van der Waals surface area contributed by atoms with Crippen molar-refractivity contribution >= 4 is 23.9 Å². The van der Waals surface area contributed by atoms with Gasteiger partial charge >= 0.3 is 23.9 Å². The number of ether oxygens (including phenoxy) is 5.